The number of nitrogens with zero attached hydrogens (tertiary/aromatic N) is 1. The fourth-order valence-corrected chi connectivity index (χ4v) is 4.20. The summed E-state index contributed by atoms with van der Waals surface area (Å²) in [5.74, 6) is 0.910. The van der Waals surface area contributed by atoms with E-state index in [9.17, 15) is 14.7 Å². The predicted molar refractivity (Wildman–Crippen MR) is 108 cm³/mol. The van der Waals surface area contributed by atoms with Crippen LogP contribution in [-0.2, 0) is 11.3 Å². The summed E-state index contributed by atoms with van der Waals surface area (Å²) in [6.45, 7) is -0.201. The Balaban J connectivity index is 1.75. The maximum atomic E-state index is 13.6. The van der Waals surface area contributed by atoms with E-state index in [0.29, 0.717) is 36.4 Å². The summed E-state index contributed by atoms with van der Waals surface area (Å²) < 4.78 is 11.5. The number of ketones is 1. The normalized spacial score (nSPS) is 17.6. The summed E-state index contributed by atoms with van der Waals surface area (Å²) in [6, 6.07) is 12.6. The van der Waals surface area contributed by atoms with Crippen molar-refractivity contribution in [3.05, 3.63) is 53.6 Å². The van der Waals surface area contributed by atoms with E-state index < -0.39 is 12.2 Å². The van der Waals surface area contributed by atoms with Crippen LogP contribution < -0.4 is 14.4 Å². The lowest BCUT2D eigenvalue weighted by Crippen LogP contribution is -2.56. The maximum Gasteiger partial charge on any atom is 0.271 e. The molecule has 1 fully saturated rings. The Labute approximate surface area is 170 Å². The van der Waals surface area contributed by atoms with Crippen LogP contribution in [0.4, 0.5) is 5.69 Å². The fourth-order valence-electron chi connectivity index (χ4n) is 4.20. The molecule has 1 aliphatic carbocycles. The smallest absolute Gasteiger partial charge is 0.271 e. The van der Waals surface area contributed by atoms with Gasteiger partial charge in [0.1, 0.15) is 18.1 Å². The van der Waals surface area contributed by atoms with Gasteiger partial charge < -0.3 is 19.5 Å². The van der Waals surface area contributed by atoms with Gasteiger partial charge >= 0.3 is 0 Å². The van der Waals surface area contributed by atoms with Crippen LogP contribution in [0.1, 0.15) is 48.0 Å². The highest BCUT2D eigenvalue weighted by Gasteiger charge is 2.48. The molecule has 1 spiro atoms. The van der Waals surface area contributed by atoms with Gasteiger partial charge in [-0.1, -0.05) is 18.6 Å². The highest BCUT2D eigenvalue weighted by molar-refractivity contribution is 6.05. The Bertz CT molecular complexity index is 915. The molecule has 1 saturated carbocycles. The number of fused-ring (bicyclic) bond motifs is 1. The molecule has 2 aromatic carbocycles. The molecule has 29 heavy (non-hydrogen) atoms. The molecule has 1 heterocycles. The topological polar surface area (TPSA) is 76.1 Å². The third kappa shape index (κ3) is 3.60. The summed E-state index contributed by atoms with van der Waals surface area (Å²) in [7, 11) is 1.61. The molecule has 2 aromatic rings. The molecule has 1 amide bonds. The molecule has 1 N–H and O–H groups in total. The van der Waals surface area contributed by atoms with Crippen molar-refractivity contribution in [2.75, 3.05) is 18.6 Å². The fraction of sp³-hybridized carbons (Fsp3) is 0.391. The van der Waals surface area contributed by atoms with Crippen molar-refractivity contribution in [1.82, 2.24) is 0 Å². The van der Waals surface area contributed by atoms with Crippen LogP contribution in [-0.4, -0.2) is 36.1 Å². The quantitative estimate of drug-likeness (QED) is 0.784. The minimum atomic E-state index is -0.833. The van der Waals surface area contributed by atoms with Crippen molar-refractivity contribution in [2.45, 2.75) is 44.2 Å². The third-order valence-corrected chi connectivity index (χ3v) is 5.82. The monoisotopic (exact) mass is 395 g/mol. The van der Waals surface area contributed by atoms with Crippen LogP contribution >= 0.6 is 0 Å². The minimum Gasteiger partial charge on any atom is -0.497 e. The van der Waals surface area contributed by atoms with Gasteiger partial charge in [0.25, 0.3) is 5.91 Å². The lowest BCUT2D eigenvalue weighted by Gasteiger charge is -2.44. The number of rotatable bonds is 5. The average molecular weight is 395 g/mol. The molecule has 6 heteroatoms. The first-order valence-corrected chi connectivity index (χ1v) is 9.98. The van der Waals surface area contributed by atoms with Gasteiger partial charge in [0.15, 0.2) is 11.4 Å². The van der Waals surface area contributed by atoms with E-state index in [-0.39, 0.29) is 11.7 Å². The number of aliphatic hydroxyl groups excluding tert-OH is 1. The second kappa shape index (κ2) is 7.87. The lowest BCUT2D eigenvalue weighted by molar-refractivity contribution is -0.138. The van der Waals surface area contributed by atoms with Crippen LogP contribution in [0.15, 0.2) is 42.5 Å². The molecule has 4 rings (SSSR count). The number of methoxy groups -OCH3 is 1. The van der Waals surface area contributed by atoms with Crippen molar-refractivity contribution in [1.29, 1.82) is 0 Å². The van der Waals surface area contributed by atoms with Gasteiger partial charge in [-0.2, -0.15) is 0 Å². The SMILES string of the molecule is COc1ccc(CN2C(=O)C3(CCCCC3)Oc3ccc(C(=O)CO)cc32)cc1. The number of hydrogen-bond acceptors (Lipinski definition) is 5. The molecule has 1 aliphatic heterocycles. The molecule has 0 bridgehead atoms. The number of ether oxygens (including phenoxy) is 2. The van der Waals surface area contributed by atoms with Crippen molar-refractivity contribution in [3.8, 4) is 11.5 Å². The van der Waals surface area contributed by atoms with Gasteiger partial charge in [-0.25, -0.2) is 0 Å². The first-order chi connectivity index (χ1) is 14.1. The highest BCUT2D eigenvalue weighted by Crippen LogP contribution is 2.44. The summed E-state index contributed by atoms with van der Waals surface area (Å²) >= 11 is 0. The van der Waals surface area contributed by atoms with E-state index in [1.165, 1.54) is 0 Å². The van der Waals surface area contributed by atoms with Gasteiger partial charge in [0.05, 0.1) is 19.3 Å². The highest BCUT2D eigenvalue weighted by atomic mass is 16.5. The molecule has 0 aromatic heterocycles. The minimum absolute atomic E-state index is 0.0610. The number of benzene rings is 2. The van der Waals surface area contributed by atoms with Gasteiger partial charge in [-0.15, -0.1) is 0 Å². The number of carbonyl (C=O) groups is 2. The first kappa shape index (κ1) is 19.5. The van der Waals surface area contributed by atoms with Crippen LogP contribution in [0.2, 0.25) is 0 Å². The molecule has 2 aliphatic rings. The Kier molecular flexibility index (Phi) is 5.28. The largest absolute Gasteiger partial charge is 0.497 e. The Morgan fingerprint density at radius 3 is 2.52 bits per heavy atom. The van der Waals surface area contributed by atoms with E-state index in [0.717, 1.165) is 30.6 Å². The lowest BCUT2D eigenvalue weighted by atomic mass is 9.82. The Morgan fingerprint density at radius 1 is 1.14 bits per heavy atom. The number of Topliss-reactive ketones (excluding diaryl/α,β-unsaturated/α-hetero) is 1. The molecule has 0 radical (unpaired) electrons. The number of amides is 1. The van der Waals surface area contributed by atoms with E-state index >= 15 is 0 Å². The molecule has 0 atom stereocenters. The second-order valence-corrected chi connectivity index (χ2v) is 7.66. The van der Waals surface area contributed by atoms with Gasteiger partial charge in [0.2, 0.25) is 0 Å². The first-order valence-electron chi connectivity index (χ1n) is 9.98. The van der Waals surface area contributed by atoms with Crippen LogP contribution in [0.25, 0.3) is 0 Å². The molecule has 0 unspecified atom stereocenters. The Morgan fingerprint density at radius 2 is 1.86 bits per heavy atom. The maximum absolute atomic E-state index is 13.6. The van der Waals surface area contributed by atoms with Crippen molar-refractivity contribution < 1.29 is 24.2 Å². The van der Waals surface area contributed by atoms with Crippen LogP contribution in [0.5, 0.6) is 11.5 Å². The van der Waals surface area contributed by atoms with E-state index in [1.807, 2.05) is 24.3 Å². The summed E-state index contributed by atoms with van der Waals surface area (Å²) in [4.78, 5) is 27.3. The van der Waals surface area contributed by atoms with Gasteiger partial charge in [-0.3, -0.25) is 9.59 Å². The molecule has 0 saturated heterocycles. The molecule has 152 valence electrons. The van der Waals surface area contributed by atoms with Crippen LogP contribution in [0, 0.1) is 0 Å². The summed E-state index contributed by atoms with van der Waals surface area (Å²) in [6.07, 6.45) is 4.41. The number of aliphatic hydroxyl groups is 1. The number of anilines is 1. The van der Waals surface area contributed by atoms with Crippen LogP contribution in [0.3, 0.4) is 0 Å². The summed E-state index contributed by atoms with van der Waals surface area (Å²) in [5.41, 5.74) is 1.06. The van der Waals surface area contributed by atoms with Gasteiger partial charge in [-0.05, 0) is 61.6 Å². The Hall–Kier alpha value is -2.86. The molecular formula is C23H25NO5. The zero-order chi connectivity index (χ0) is 20.4. The standard InChI is InChI=1S/C23H25NO5/c1-28-18-8-5-16(6-9-18)14-24-19-13-17(20(26)15-25)7-10-21(19)29-23(22(24)27)11-3-2-4-12-23/h5-10,13,25H,2-4,11-12,14-15H2,1H3. The third-order valence-electron chi connectivity index (χ3n) is 5.82. The van der Waals surface area contributed by atoms with Gasteiger partial charge in [0, 0.05) is 5.56 Å². The number of hydrogen-bond donors (Lipinski definition) is 1. The molecule has 6 nitrogen and oxygen atoms in total. The van der Waals surface area contributed by atoms with Crippen molar-refractivity contribution >= 4 is 17.4 Å². The van der Waals surface area contributed by atoms with E-state index in [1.54, 1.807) is 30.2 Å². The average Bonchev–Trinajstić information content (AvgIpc) is 2.77. The number of carbonyl (C=O) groups excluding carboxylic acids is 2. The zero-order valence-corrected chi connectivity index (χ0v) is 16.5. The zero-order valence-electron chi connectivity index (χ0n) is 16.5. The van der Waals surface area contributed by atoms with E-state index in [2.05, 4.69) is 0 Å². The van der Waals surface area contributed by atoms with E-state index in [4.69, 9.17) is 9.47 Å². The second-order valence-electron chi connectivity index (χ2n) is 7.66. The van der Waals surface area contributed by atoms with Crippen molar-refractivity contribution in [3.63, 3.8) is 0 Å². The van der Waals surface area contributed by atoms with Crippen molar-refractivity contribution in [2.24, 2.45) is 0 Å². The predicted octanol–water partition coefficient (Wildman–Crippen LogP) is 3.50. The summed E-state index contributed by atoms with van der Waals surface area (Å²) in [5, 5.41) is 9.22. The molecular weight excluding hydrogens is 370 g/mol.